The molecule has 0 bridgehead atoms. The first-order chi connectivity index (χ1) is 13.7. The zero-order valence-electron chi connectivity index (χ0n) is 15.1. The predicted molar refractivity (Wildman–Crippen MR) is 95.3 cm³/mol. The minimum Gasteiger partial charge on any atom is -0.480 e. The Morgan fingerprint density at radius 2 is 2.03 bits per heavy atom. The highest BCUT2D eigenvalue weighted by Gasteiger charge is 2.35. The Balaban J connectivity index is 1.85. The fourth-order valence-corrected chi connectivity index (χ4v) is 3.12. The van der Waals surface area contributed by atoms with E-state index in [2.05, 4.69) is 4.98 Å². The molecule has 1 amide bonds. The minimum atomic E-state index is -4.66. The first kappa shape index (κ1) is 20.6. The third-order valence-corrected chi connectivity index (χ3v) is 4.49. The number of pyridine rings is 1. The van der Waals surface area contributed by atoms with Crippen LogP contribution in [-0.2, 0) is 17.5 Å². The molecule has 1 aliphatic heterocycles. The highest BCUT2D eigenvalue weighted by atomic mass is 19.4. The van der Waals surface area contributed by atoms with Crippen LogP contribution in [0.25, 0.3) is 0 Å². The highest BCUT2D eigenvalue weighted by molar-refractivity contribution is 5.97. The monoisotopic (exact) mass is 409 g/mol. The summed E-state index contributed by atoms with van der Waals surface area (Å²) in [6.45, 7) is 0.182. The van der Waals surface area contributed by atoms with Crippen molar-refractivity contribution < 1.29 is 32.6 Å². The maximum Gasteiger partial charge on any atom is 0.433 e. The number of hydrogen-bond donors (Lipinski definition) is 2. The van der Waals surface area contributed by atoms with E-state index in [1.54, 1.807) is 0 Å². The topological polar surface area (TPSA) is 106 Å². The van der Waals surface area contributed by atoms with Crippen LogP contribution in [-0.4, -0.2) is 39.5 Å². The number of aliphatic carboxylic acids is 1. The van der Waals surface area contributed by atoms with Crippen molar-refractivity contribution in [1.29, 1.82) is 0 Å². The summed E-state index contributed by atoms with van der Waals surface area (Å²) in [5.41, 5.74) is 4.67. The molecule has 3 N–H and O–H groups in total. The van der Waals surface area contributed by atoms with E-state index in [1.165, 1.54) is 35.2 Å². The van der Waals surface area contributed by atoms with Crippen LogP contribution >= 0.6 is 0 Å². The summed E-state index contributed by atoms with van der Waals surface area (Å²) in [6, 6.07) is 6.99. The molecule has 154 valence electrons. The van der Waals surface area contributed by atoms with Crippen molar-refractivity contribution in [3.05, 3.63) is 53.2 Å². The fraction of sp³-hybridized carbons (Fsp3) is 0.316. The number of hydrogen-bond acceptors (Lipinski definition) is 5. The maximum atomic E-state index is 13.0. The minimum absolute atomic E-state index is 0.0942. The molecule has 1 aromatic carbocycles. The van der Waals surface area contributed by atoms with E-state index in [0.29, 0.717) is 19.4 Å². The summed E-state index contributed by atoms with van der Waals surface area (Å²) in [4.78, 5) is 28.7. The van der Waals surface area contributed by atoms with E-state index in [0.717, 1.165) is 6.07 Å². The Hall–Kier alpha value is -3.14. The number of halogens is 3. The van der Waals surface area contributed by atoms with Crippen LogP contribution in [0.5, 0.6) is 11.6 Å². The van der Waals surface area contributed by atoms with Gasteiger partial charge in [0.1, 0.15) is 17.5 Å². The molecule has 0 aliphatic carbocycles. The molecule has 1 unspecified atom stereocenters. The molecule has 3 rings (SSSR count). The second-order valence-corrected chi connectivity index (χ2v) is 6.53. The van der Waals surface area contributed by atoms with Gasteiger partial charge in [-0.2, -0.15) is 13.2 Å². The molecule has 0 radical (unpaired) electrons. The number of carbonyl (C=O) groups excluding carboxylic acids is 1. The maximum absolute atomic E-state index is 13.0. The first-order valence-electron chi connectivity index (χ1n) is 8.79. The van der Waals surface area contributed by atoms with Gasteiger partial charge in [0.2, 0.25) is 5.88 Å². The van der Waals surface area contributed by atoms with Crippen molar-refractivity contribution >= 4 is 11.9 Å². The van der Waals surface area contributed by atoms with Crippen LogP contribution in [0, 0.1) is 0 Å². The van der Waals surface area contributed by atoms with Crippen LogP contribution in [0.3, 0.4) is 0 Å². The van der Waals surface area contributed by atoms with Crippen molar-refractivity contribution in [2.75, 3.05) is 6.54 Å². The standard InChI is InChI=1S/C19H18F3N3O4/c20-19(21,22)15-7-11(10-23)8-16(24-15)29-13-4-1-3-12(9-13)17(26)25-6-2-5-14(25)18(27)28/h1,3-4,7-9,14H,2,5-6,10,23H2,(H,27,28). The van der Waals surface area contributed by atoms with Crippen molar-refractivity contribution in [2.45, 2.75) is 31.6 Å². The molecule has 1 fully saturated rings. The Labute approximate surface area is 163 Å². The van der Waals surface area contributed by atoms with Crippen LogP contribution in [0.2, 0.25) is 0 Å². The largest absolute Gasteiger partial charge is 0.480 e. The van der Waals surface area contributed by atoms with Gasteiger partial charge in [-0.3, -0.25) is 4.79 Å². The van der Waals surface area contributed by atoms with Gasteiger partial charge in [-0.05, 0) is 42.7 Å². The fourth-order valence-electron chi connectivity index (χ4n) is 3.12. The Bertz CT molecular complexity index is 933. The van der Waals surface area contributed by atoms with Crippen molar-refractivity contribution in [2.24, 2.45) is 5.73 Å². The number of likely N-dealkylation sites (tertiary alicyclic amines) is 1. The lowest BCUT2D eigenvalue weighted by atomic mass is 10.1. The number of alkyl halides is 3. The molecule has 1 aliphatic rings. The molecular weight excluding hydrogens is 391 g/mol. The zero-order valence-corrected chi connectivity index (χ0v) is 15.1. The molecule has 29 heavy (non-hydrogen) atoms. The number of carboxylic acids is 1. The summed E-state index contributed by atoms with van der Waals surface area (Å²) in [7, 11) is 0. The normalized spacial score (nSPS) is 16.7. The summed E-state index contributed by atoms with van der Waals surface area (Å²) in [6.07, 6.45) is -3.72. The number of nitrogens with two attached hydrogens (primary N) is 1. The van der Waals surface area contributed by atoms with E-state index in [1.807, 2.05) is 0 Å². The summed E-state index contributed by atoms with van der Waals surface area (Å²) < 4.78 is 44.5. The van der Waals surface area contributed by atoms with Gasteiger partial charge in [0.25, 0.3) is 5.91 Å². The van der Waals surface area contributed by atoms with Crippen LogP contribution < -0.4 is 10.5 Å². The third kappa shape index (κ3) is 4.65. The van der Waals surface area contributed by atoms with Crippen LogP contribution in [0.1, 0.15) is 34.5 Å². The predicted octanol–water partition coefficient (Wildman–Crippen LogP) is 3.04. The molecule has 0 spiro atoms. The molecule has 1 aromatic heterocycles. The molecular formula is C19H18F3N3O4. The second-order valence-electron chi connectivity index (χ2n) is 6.53. The quantitative estimate of drug-likeness (QED) is 0.786. The van der Waals surface area contributed by atoms with E-state index in [-0.39, 0.29) is 29.3 Å². The number of benzene rings is 1. The number of aromatic nitrogens is 1. The molecule has 2 aromatic rings. The highest BCUT2D eigenvalue weighted by Crippen LogP contribution is 2.31. The van der Waals surface area contributed by atoms with Crippen molar-refractivity contribution in [1.82, 2.24) is 9.88 Å². The Kier molecular flexibility index (Phi) is 5.73. The molecule has 1 atom stereocenters. The average Bonchev–Trinajstić information content (AvgIpc) is 3.17. The lowest BCUT2D eigenvalue weighted by Crippen LogP contribution is -2.40. The van der Waals surface area contributed by atoms with E-state index < -0.39 is 29.8 Å². The lowest BCUT2D eigenvalue weighted by Gasteiger charge is -2.21. The van der Waals surface area contributed by atoms with Gasteiger partial charge in [-0.15, -0.1) is 0 Å². The van der Waals surface area contributed by atoms with Crippen molar-refractivity contribution in [3.8, 4) is 11.6 Å². The number of carboxylic acid groups (broad SMARTS) is 1. The zero-order chi connectivity index (χ0) is 21.2. The smallest absolute Gasteiger partial charge is 0.433 e. The first-order valence-corrected chi connectivity index (χ1v) is 8.79. The van der Waals surface area contributed by atoms with E-state index in [9.17, 15) is 27.9 Å². The number of amides is 1. The number of ether oxygens (including phenoxy) is 1. The molecule has 2 heterocycles. The lowest BCUT2D eigenvalue weighted by molar-refractivity contribution is -0.142. The van der Waals surface area contributed by atoms with E-state index in [4.69, 9.17) is 10.5 Å². The van der Waals surface area contributed by atoms with E-state index >= 15 is 0 Å². The van der Waals surface area contributed by atoms with Crippen molar-refractivity contribution in [3.63, 3.8) is 0 Å². The molecule has 0 saturated carbocycles. The Morgan fingerprint density at radius 3 is 2.69 bits per heavy atom. The van der Waals surface area contributed by atoms with Gasteiger partial charge in [0, 0.05) is 24.7 Å². The van der Waals surface area contributed by atoms with Gasteiger partial charge >= 0.3 is 12.1 Å². The number of carbonyl (C=O) groups is 2. The average molecular weight is 409 g/mol. The molecule has 1 saturated heterocycles. The van der Waals surface area contributed by atoms with Gasteiger partial charge in [-0.1, -0.05) is 6.07 Å². The SMILES string of the molecule is NCc1cc(Oc2cccc(C(=O)N3CCCC3C(=O)O)c2)nc(C(F)(F)F)c1. The van der Waals surface area contributed by atoms with Gasteiger partial charge in [0.05, 0.1) is 0 Å². The van der Waals surface area contributed by atoms with Crippen LogP contribution in [0.4, 0.5) is 13.2 Å². The summed E-state index contributed by atoms with van der Waals surface area (Å²) >= 11 is 0. The third-order valence-electron chi connectivity index (χ3n) is 4.49. The molecule has 7 nitrogen and oxygen atoms in total. The van der Waals surface area contributed by atoms with Gasteiger partial charge in [-0.25, -0.2) is 9.78 Å². The summed E-state index contributed by atoms with van der Waals surface area (Å²) in [5, 5.41) is 9.24. The number of nitrogens with zero attached hydrogens (tertiary/aromatic N) is 2. The van der Waals surface area contributed by atoms with Gasteiger partial charge in [0.15, 0.2) is 0 Å². The molecule has 10 heteroatoms. The second kappa shape index (κ2) is 8.08. The summed E-state index contributed by atoms with van der Waals surface area (Å²) in [5.74, 6) is -1.78. The Morgan fingerprint density at radius 1 is 1.28 bits per heavy atom. The van der Waals surface area contributed by atoms with Crippen LogP contribution in [0.15, 0.2) is 36.4 Å². The number of rotatable bonds is 5. The van der Waals surface area contributed by atoms with Gasteiger partial charge < -0.3 is 20.5 Å².